The highest BCUT2D eigenvalue weighted by Crippen LogP contribution is 2.19. The maximum absolute atomic E-state index is 12.7. The topological polar surface area (TPSA) is 92.7 Å². The molecule has 0 aliphatic rings. The molecule has 0 fully saturated rings. The Morgan fingerprint density at radius 2 is 0.980 bits per heavy atom. The Labute approximate surface area is 308 Å². The molecule has 0 rings (SSSR count). The monoisotopic (exact) mass is 702 g/mol. The van der Waals surface area contributed by atoms with Crippen molar-refractivity contribution in [1.29, 1.82) is 0 Å². The van der Waals surface area contributed by atoms with Gasteiger partial charge in [-0.25, -0.2) is 0 Å². The summed E-state index contributed by atoms with van der Waals surface area (Å²) in [7, 11) is 0. The standard InChI is InChI=1S/C44H79NO5/c1-3-5-7-9-11-13-15-17-18-20-21-23-25-28-32-36-41(37-33-29-27-30-34-38-42(46)45-40-43(47)48)50-44(49)39-35-31-26-24-22-19-16-14-12-10-8-6-4-2/h6,8,12,14,19,22,41H,3-5,7,9-11,13,15-18,20-21,23-40H2,1-2H3,(H,45,46)(H,47,48)/b8-6-,14-12-,22-19-. The molecule has 0 saturated heterocycles. The number of unbranched alkanes of at least 4 members (excludes halogenated alkanes) is 21. The van der Waals surface area contributed by atoms with Crippen LogP contribution in [0.4, 0.5) is 0 Å². The van der Waals surface area contributed by atoms with E-state index in [2.05, 4.69) is 55.6 Å². The molecule has 290 valence electrons. The summed E-state index contributed by atoms with van der Waals surface area (Å²) >= 11 is 0. The molecule has 1 atom stereocenters. The quantitative estimate of drug-likeness (QED) is 0.0380. The lowest BCUT2D eigenvalue weighted by Gasteiger charge is -2.18. The zero-order chi connectivity index (χ0) is 36.6. The Morgan fingerprint density at radius 1 is 0.540 bits per heavy atom. The van der Waals surface area contributed by atoms with Gasteiger partial charge in [-0.1, -0.05) is 166 Å². The number of esters is 1. The van der Waals surface area contributed by atoms with Crippen LogP contribution < -0.4 is 5.32 Å². The van der Waals surface area contributed by atoms with E-state index in [0.29, 0.717) is 12.8 Å². The maximum atomic E-state index is 12.7. The molecule has 2 N–H and O–H groups in total. The minimum Gasteiger partial charge on any atom is -0.480 e. The van der Waals surface area contributed by atoms with Gasteiger partial charge in [0.1, 0.15) is 12.6 Å². The zero-order valence-corrected chi connectivity index (χ0v) is 32.7. The van der Waals surface area contributed by atoms with Gasteiger partial charge in [-0.05, 0) is 70.6 Å². The number of allylic oxidation sites excluding steroid dienone is 6. The summed E-state index contributed by atoms with van der Waals surface area (Å²) in [6.45, 7) is 4.12. The van der Waals surface area contributed by atoms with Crippen LogP contribution in [0.25, 0.3) is 0 Å². The van der Waals surface area contributed by atoms with Gasteiger partial charge in [-0.15, -0.1) is 0 Å². The van der Waals surface area contributed by atoms with Crippen molar-refractivity contribution in [3.05, 3.63) is 36.5 Å². The molecule has 1 unspecified atom stereocenters. The van der Waals surface area contributed by atoms with Gasteiger partial charge in [-0.3, -0.25) is 14.4 Å². The summed E-state index contributed by atoms with van der Waals surface area (Å²) in [6.07, 6.45) is 48.4. The first kappa shape index (κ1) is 47.6. The normalized spacial score (nSPS) is 12.4. The van der Waals surface area contributed by atoms with E-state index in [-0.39, 0.29) is 24.5 Å². The van der Waals surface area contributed by atoms with Gasteiger partial charge in [0, 0.05) is 12.8 Å². The molecule has 0 saturated carbocycles. The maximum Gasteiger partial charge on any atom is 0.322 e. The van der Waals surface area contributed by atoms with Crippen LogP contribution in [0.5, 0.6) is 0 Å². The number of carboxylic acids is 1. The molecular weight excluding hydrogens is 622 g/mol. The fraction of sp³-hybridized carbons (Fsp3) is 0.795. The number of carbonyl (C=O) groups is 3. The molecule has 0 aliphatic heterocycles. The number of aliphatic carboxylic acids is 1. The van der Waals surface area contributed by atoms with Crippen LogP contribution in [0, 0.1) is 0 Å². The molecule has 1 amide bonds. The van der Waals surface area contributed by atoms with Crippen LogP contribution >= 0.6 is 0 Å². The molecule has 6 nitrogen and oxygen atoms in total. The summed E-state index contributed by atoms with van der Waals surface area (Å²) in [5.74, 6) is -1.25. The lowest BCUT2D eigenvalue weighted by Crippen LogP contribution is -2.28. The summed E-state index contributed by atoms with van der Waals surface area (Å²) < 4.78 is 6.02. The Hall–Kier alpha value is -2.37. The van der Waals surface area contributed by atoms with Gasteiger partial charge in [-0.2, -0.15) is 0 Å². The number of nitrogens with one attached hydrogen (secondary N) is 1. The first-order valence-corrected chi connectivity index (χ1v) is 21.1. The summed E-state index contributed by atoms with van der Waals surface area (Å²) in [6, 6.07) is 0. The molecule has 0 heterocycles. The number of hydrogen-bond donors (Lipinski definition) is 2. The second kappa shape index (κ2) is 39.4. The Balaban J connectivity index is 4.21. The number of carbonyl (C=O) groups excluding carboxylic acids is 2. The molecule has 50 heavy (non-hydrogen) atoms. The minimum absolute atomic E-state index is 0.0136. The van der Waals surface area contributed by atoms with Gasteiger partial charge >= 0.3 is 11.9 Å². The third-order valence-corrected chi connectivity index (χ3v) is 9.33. The van der Waals surface area contributed by atoms with Gasteiger partial charge in [0.05, 0.1) is 0 Å². The predicted molar refractivity (Wildman–Crippen MR) is 212 cm³/mol. The molecule has 0 spiro atoms. The molecule has 0 radical (unpaired) electrons. The lowest BCUT2D eigenvalue weighted by atomic mass is 10.0. The van der Waals surface area contributed by atoms with Gasteiger partial charge in [0.2, 0.25) is 5.91 Å². The van der Waals surface area contributed by atoms with Gasteiger partial charge in [0.15, 0.2) is 0 Å². The smallest absolute Gasteiger partial charge is 0.322 e. The third-order valence-electron chi connectivity index (χ3n) is 9.33. The highest BCUT2D eigenvalue weighted by molar-refractivity contribution is 5.80. The third kappa shape index (κ3) is 38.4. The fourth-order valence-electron chi connectivity index (χ4n) is 6.24. The highest BCUT2D eigenvalue weighted by atomic mass is 16.5. The SMILES string of the molecule is CC/C=C\C/C=C\C/C=C\CCCCCC(=O)OC(CCCCCCCCCCCCCCCCC)CCCCCCCC(=O)NCC(=O)O. The Kier molecular flexibility index (Phi) is 37.5. The van der Waals surface area contributed by atoms with Crippen LogP contribution in [0.3, 0.4) is 0 Å². The number of ether oxygens (including phenoxy) is 1. The summed E-state index contributed by atoms with van der Waals surface area (Å²) in [5, 5.41) is 11.1. The van der Waals surface area contributed by atoms with E-state index in [0.717, 1.165) is 96.3 Å². The predicted octanol–water partition coefficient (Wildman–Crippen LogP) is 12.9. The number of hydrogen-bond acceptors (Lipinski definition) is 4. The van der Waals surface area contributed by atoms with Crippen molar-refractivity contribution in [3.8, 4) is 0 Å². The van der Waals surface area contributed by atoms with E-state index in [1.165, 1.54) is 89.9 Å². The van der Waals surface area contributed by atoms with E-state index in [9.17, 15) is 14.4 Å². The van der Waals surface area contributed by atoms with Crippen LogP contribution in [-0.2, 0) is 19.1 Å². The Morgan fingerprint density at radius 3 is 1.50 bits per heavy atom. The van der Waals surface area contributed by atoms with Crippen molar-refractivity contribution in [1.82, 2.24) is 5.32 Å². The van der Waals surface area contributed by atoms with E-state index in [4.69, 9.17) is 9.84 Å². The molecule has 0 aliphatic carbocycles. The highest BCUT2D eigenvalue weighted by Gasteiger charge is 2.14. The van der Waals surface area contributed by atoms with E-state index >= 15 is 0 Å². The number of amides is 1. The summed E-state index contributed by atoms with van der Waals surface area (Å²) in [5.41, 5.74) is 0. The van der Waals surface area contributed by atoms with E-state index < -0.39 is 5.97 Å². The average Bonchev–Trinajstić information content (AvgIpc) is 3.10. The van der Waals surface area contributed by atoms with E-state index in [1.54, 1.807) is 0 Å². The van der Waals surface area contributed by atoms with Crippen molar-refractivity contribution in [3.63, 3.8) is 0 Å². The van der Waals surface area contributed by atoms with Crippen LogP contribution in [0.2, 0.25) is 0 Å². The second-order valence-corrected chi connectivity index (χ2v) is 14.2. The van der Waals surface area contributed by atoms with Crippen LogP contribution in [-0.4, -0.2) is 35.6 Å². The number of carboxylic acid groups (broad SMARTS) is 1. The van der Waals surface area contributed by atoms with Crippen molar-refractivity contribution < 1.29 is 24.2 Å². The zero-order valence-electron chi connectivity index (χ0n) is 32.7. The average molecular weight is 702 g/mol. The van der Waals surface area contributed by atoms with Crippen LogP contribution in [0.1, 0.15) is 213 Å². The van der Waals surface area contributed by atoms with E-state index in [1.807, 2.05) is 0 Å². The van der Waals surface area contributed by atoms with Crippen molar-refractivity contribution in [2.75, 3.05) is 6.54 Å². The molecule has 0 bridgehead atoms. The number of rotatable bonds is 38. The van der Waals surface area contributed by atoms with Gasteiger partial charge in [0.25, 0.3) is 0 Å². The molecule has 0 aromatic heterocycles. The van der Waals surface area contributed by atoms with Crippen LogP contribution in [0.15, 0.2) is 36.5 Å². The van der Waals surface area contributed by atoms with Crippen molar-refractivity contribution in [2.45, 2.75) is 219 Å². The van der Waals surface area contributed by atoms with Gasteiger partial charge < -0.3 is 15.2 Å². The van der Waals surface area contributed by atoms with Crippen molar-refractivity contribution in [2.24, 2.45) is 0 Å². The lowest BCUT2D eigenvalue weighted by molar-refractivity contribution is -0.150. The Bertz CT molecular complexity index is 864. The fourth-order valence-corrected chi connectivity index (χ4v) is 6.24. The van der Waals surface area contributed by atoms with Crippen molar-refractivity contribution >= 4 is 17.8 Å². The first-order chi connectivity index (χ1) is 24.5. The molecular formula is C44H79NO5. The molecule has 0 aromatic rings. The minimum atomic E-state index is -1.02. The summed E-state index contributed by atoms with van der Waals surface area (Å²) in [4.78, 5) is 35.0. The first-order valence-electron chi connectivity index (χ1n) is 21.1. The largest absolute Gasteiger partial charge is 0.480 e. The second-order valence-electron chi connectivity index (χ2n) is 14.2. The molecule has 0 aromatic carbocycles. The molecule has 6 heteroatoms.